The summed E-state index contributed by atoms with van der Waals surface area (Å²) in [7, 11) is 0. The molecular formula is C50H33NO. The lowest BCUT2D eigenvalue weighted by Crippen LogP contribution is -2.11. The number of benzene rings is 9. The lowest BCUT2D eigenvalue weighted by molar-refractivity contribution is 0.670. The third kappa shape index (κ3) is 5.12. The van der Waals surface area contributed by atoms with Crippen molar-refractivity contribution in [3.8, 4) is 33.4 Å². The Morgan fingerprint density at radius 1 is 0.327 bits per heavy atom. The Morgan fingerprint density at radius 3 is 1.81 bits per heavy atom. The van der Waals surface area contributed by atoms with E-state index in [9.17, 15) is 0 Å². The van der Waals surface area contributed by atoms with Crippen molar-refractivity contribution < 1.29 is 4.42 Å². The van der Waals surface area contributed by atoms with Crippen LogP contribution in [0.4, 0.5) is 17.1 Å². The summed E-state index contributed by atoms with van der Waals surface area (Å²) in [4.78, 5) is 2.38. The second-order valence-corrected chi connectivity index (χ2v) is 13.3. The van der Waals surface area contributed by atoms with E-state index >= 15 is 0 Å². The molecule has 0 amide bonds. The molecule has 0 aliphatic carbocycles. The highest BCUT2D eigenvalue weighted by Gasteiger charge is 2.21. The van der Waals surface area contributed by atoms with Gasteiger partial charge in [0.05, 0.1) is 5.69 Å². The zero-order valence-corrected chi connectivity index (χ0v) is 28.4. The number of hydrogen-bond acceptors (Lipinski definition) is 2. The molecule has 244 valence electrons. The molecule has 1 aromatic heterocycles. The average Bonchev–Trinajstić information content (AvgIpc) is 3.58. The third-order valence-corrected chi connectivity index (χ3v) is 10.2. The van der Waals surface area contributed by atoms with Gasteiger partial charge in [-0.15, -0.1) is 0 Å². The van der Waals surface area contributed by atoms with Crippen LogP contribution in [0.15, 0.2) is 205 Å². The van der Waals surface area contributed by atoms with Gasteiger partial charge in [0, 0.05) is 33.3 Å². The Morgan fingerprint density at radius 2 is 0.942 bits per heavy atom. The van der Waals surface area contributed by atoms with Crippen LogP contribution < -0.4 is 4.90 Å². The van der Waals surface area contributed by atoms with Crippen molar-refractivity contribution in [1.29, 1.82) is 0 Å². The van der Waals surface area contributed by atoms with E-state index in [1.54, 1.807) is 0 Å². The van der Waals surface area contributed by atoms with Gasteiger partial charge in [0.2, 0.25) is 0 Å². The first-order valence-corrected chi connectivity index (χ1v) is 17.8. The summed E-state index contributed by atoms with van der Waals surface area (Å²) in [6.07, 6.45) is 0. The zero-order valence-electron chi connectivity index (χ0n) is 28.4. The largest absolute Gasteiger partial charge is 0.455 e. The first kappa shape index (κ1) is 30.0. The molecule has 0 bridgehead atoms. The highest BCUT2D eigenvalue weighted by Crippen LogP contribution is 2.45. The number of para-hydroxylation sites is 2. The SMILES string of the molecule is c1ccc(-c2cccc(N(c3ccc(-c4cccc5ccccc45)cc3)c3ccccc3-c3cccc4c3oc3cc5ccccc5cc34)c2)cc1. The maximum absolute atomic E-state index is 6.75. The minimum atomic E-state index is 0.893. The average molecular weight is 664 g/mol. The van der Waals surface area contributed by atoms with E-state index in [1.807, 2.05) is 0 Å². The van der Waals surface area contributed by atoms with Gasteiger partial charge in [-0.2, -0.15) is 0 Å². The van der Waals surface area contributed by atoms with E-state index in [1.165, 1.54) is 43.8 Å². The Hall–Kier alpha value is -6.90. The van der Waals surface area contributed by atoms with Crippen molar-refractivity contribution in [3.05, 3.63) is 200 Å². The van der Waals surface area contributed by atoms with Crippen LogP contribution in [0.1, 0.15) is 0 Å². The molecule has 10 aromatic rings. The maximum atomic E-state index is 6.75. The van der Waals surface area contributed by atoms with Gasteiger partial charge in [-0.25, -0.2) is 0 Å². The number of anilines is 3. The summed E-state index contributed by atoms with van der Waals surface area (Å²) in [5.41, 5.74) is 11.9. The molecule has 0 spiro atoms. The molecule has 1 heterocycles. The normalized spacial score (nSPS) is 11.5. The lowest BCUT2D eigenvalue weighted by atomic mass is 9.97. The summed E-state index contributed by atoms with van der Waals surface area (Å²) in [6, 6.07) is 71.6. The maximum Gasteiger partial charge on any atom is 0.143 e. The lowest BCUT2D eigenvalue weighted by Gasteiger charge is -2.28. The molecule has 0 fully saturated rings. The molecule has 0 saturated carbocycles. The smallest absolute Gasteiger partial charge is 0.143 e. The first-order chi connectivity index (χ1) is 25.8. The van der Waals surface area contributed by atoms with Crippen molar-refractivity contribution >= 4 is 60.5 Å². The number of fused-ring (bicyclic) bond motifs is 5. The van der Waals surface area contributed by atoms with Crippen molar-refractivity contribution in [1.82, 2.24) is 0 Å². The molecular weight excluding hydrogens is 631 g/mol. The van der Waals surface area contributed by atoms with Crippen molar-refractivity contribution in [2.45, 2.75) is 0 Å². The molecule has 10 rings (SSSR count). The molecule has 52 heavy (non-hydrogen) atoms. The fourth-order valence-corrected chi connectivity index (χ4v) is 7.74. The monoisotopic (exact) mass is 663 g/mol. The minimum Gasteiger partial charge on any atom is -0.455 e. The van der Waals surface area contributed by atoms with Gasteiger partial charge in [-0.3, -0.25) is 0 Å². The molecule has 0 aliphatic heterocycles. The van der Waals surface area contributed by atoms with E-state index in [-0.39, 0.29) is 0 Å². The van der Waals surface area contributed by atoms with E-state index in [0.717, 1.165) is 50.1 Å². The van der Waals surface area contributed by atoms with Crippen LogP contribution in [-0.2, 0) is 0 Å². The number of hydrogen-bond donors (Lipinski definition) is 0. The van der Waals surface area contributed by atoms with Gasteiger partial charge in [-0.05, 0) is 86.3 Å². The highest BCUT2D eigenvalue weighted by atomic mass is 16.3. The highest BCUT2D eigenvalue weighted by molar-refractivity contribution is 6.14. The number of furan rings is 1. The Labute approximate surface area is 302 Å². The zero-order chi connectivity index (χ0) is 34.4. The van der Waals surface area contributed by atoms with Crippen molar-refractivity contribution in [3.63, 3.8) is 0 Å². The van der Waals surface area contributed by atoms with Crippen LogP contribution in [0.25, 0.3) is 76.9 Å². The van der Waals surface area contributed by atoms with E-state index < -0.39 is 0 Å². The van der Waals surface area contributed by atoms with Gasteiger partial charge in [0.15, 0.2) is 0 Å². The topological polar surface area (TPSA) is 16.4 Å². The van der Waals surface area contributed by atoms with Crippen LogP contribution in [-0.4, -0.2) is 0 Å². The molecule has 2 nitrogen and oxygen atoms in total. The molecule has 0 atom stereocenters. The molecule has 0 aliphatic rings. The summed E-state index contributed by atoms with van der Waals surface area (Å²) < 4.78 is 6.75. The molecule has 0 unspecified atom stereocenters. The van der Waals surface area contributed by atoms with Gasteiger partial charge in [0.1, 0.15) is 11.2 Å². The van der Waals surface area contributed by atoms with Crippen LogP contribution in [0.5, 0.6) is 0 Å². The Bertz CT molecular complexity index is 2900. The van der Waals surface area contributed by atoms with Gasteiger partial charge in [0.25, 0.3) is 0 Å². The van der Waals surface area contributed by atoms with Crippen LogP contribution in [0.2, 0.25) is 0 Å². The second-order valence-electron chi connectivity index (χ2n) is 13.3. The predicted octanol–water partition coefficient (Wildman–Crippen LogP) is 14.4. The predicted molar refractivity (Wildman–Crippen MR) is 220 cm³/mol. The van der Waals surface area contributed by atoms with Gasteiger partial charge >= 0.3 is 0 Å². The Kier molecular flexibility index (Phi) is 7.18. The summed E-state index contributed by atoms with van der Waals surface area (Å²) in [5, 5.41) is 7.12. The fourth-order valence-electron chi connectivity index (χ4n) is 7.74. The van der Waals surface area contributed by atoms with Crippen LogP contribution in [0.3, 0.4) is 0 Å². The quantitative estimate of drug-likeness (QED) is 0.176. The molecule has 0 N–H and O–H groups in total. The summed E-state index contributed by atoms with van der Waals surface area (Å²) >= 11 is 0. The molecule has 2 heteroatoms. The summed E-state index contributed by atoms with van der Waals surface area (Å²) in [6.45, 7) is 0. The minimum absolute atomic E-state index is 0.893. The van der Waals surface area contributed by atoms with Crippen molar-refractivity contribution in [2.24, 2.45) is 0 Å². The van der Waals surface area contributed by atoms with Crippen molar-refractivity contribution in [2.75, 3.05) is 4.90 Å². The van der Waals surface area contributed by atoms with Crippen LogP contribution in [0, 0.1) is 0 Å². The second kappa shape index (κ2) is 12.5. The van der Waals surface area contributed by atoms with E-state index in [2.05, 4.69) is 205 Å². The summed E-state index contributed by atoms with van der Waals surface area (Å²) in [5.74, 6) is 0. The standard InChI is InChI=1S/C50H33NO/c1-2-13-34(14-3-1)37-19-10-20-41(31-37)51(40-29-27-36(28-30-40)43-23-11-18-35-15-6-7-21-42(35)43)48-26-9-8-22-44(48)45-24-12-25-46-47-32-38-16-4-5-17-39(38)33-49(47)52-50(45)46/h1-33H. The third-order valence-electron chi connectivity index (χ3n) is 10.2. The molecule has 9 aromatic carbocycles. The van der Waals surface area contributed by atoms with Gasteiger partial charge < -0.3 is 9.32 Å². The van der Waals surface area contributed by atoms with Crippen LogP contribution >= 0.6 is 0 Å². The number of nitrogens with zero attached hydrogens (tertiary/aromatic N) is 1. The van der Waals surface area contributed by atoms with E-state index in [4.69, 9.17) is 4.42 Å². The molecule has 0 radical (unpaired) electrons. The first-order valence-electron chi connectivity index (χ1n) is 17.8. The Balaban J connectivity index is 1.17. The number of rotatable bonds is 6. The fraction of sp³-hybridized carbons (Fsp3) is 0. The van der Waals surface area contributed by atoms with Gasteiger partial charge in [-0.1, -0.05) is 158 Å². The molecule has 0 saturated heterocycles. The van der Waals surface area contributed by atoms with E-state index in [0.29, 0.717) is 0 Å².